The highest BCUT2D eigenvalue weighted by atomic mass is 79.9. The molecule has 1 heterocycles. The van der Waals surface area contributed by atoms with Gasteiger partial charge in [-0.05, 0) is 46.8 Å². The van der Waals surface area contributed by atoms with Crippen LogP contribution in [0.25, 0.3) is 5.69 Å². The highest BCUT2D eigenvalue weighted by molar-refractivity contribution is 9.10. The van der Waals surface area contributed by atoms with E-state index in [1.165, 1.54) is 6.20 Å². The van der Waals surface area contributed by atoms with Crippen LogP contribution in [0.5, 0.6) is 0 Å². The maximum absolute atomic E-state index is 13.3. The molecule has 0 atom stereocenters. The minimum atomic E-state index is -4.74. The number of fused-ring (bicyclic) bond motifs is 1. The zero-order valence-corrected chi connectivity index (χ0v) is 13.6. The Kier molecular flexibility index (Phi) is 3.98. The second-order valence-electron chi connectivity index (χ2n) is 5.42. The lowest BCUT2D eigenvalue weighted by atomic mass is 10.1. The average molecular weight is 403 g/mol. The highest BCUT2D eigenvalue weighted by Crippen LogP contribution is 2.36. The molecule has 1 aromatic carbocycles. The number of aromatic nitrogens is 1. The molecule has 2 aromatic rings. The Morgan fingerprint density at radius 1 is 1.21 bits per heavy atom. The van der Waals surface area contributed by atoms with Crippen LogP contribution in [0.3, 0.4) is 0 Å². The van der Waals surface area contributed by atoms with E-state index in [9.17, 15) is 28.1 Å². The topological polar surface area (TPSA) is 65.1 Å². The van der Waals surface area contributed by atoms with Crippen molar-refractivity contribution in [2.24, 2.45) is 0 Å². The number of hydrogen-bond donors (Lipinski definition) is 0. The number of alkyl halides is 3. The van der Waals surface area contributed by atoms with Crippen LogP contribution < -0.4 is 5.56 Å². The van der Waals surface area contributed by atoms with Gasteiger partial charge in [0.2, 0.25) is 0 Å². The van der Waals surface area contributed by atoms with Gasteiger partial charge < -0.3 is 0 Å². The van der Waals surface area contributed by atoms with Crippen molar-refractivity contribution < 1.29 is 18.1 Å². The molecule has 126 valence electrons. The summed E-state index contributed by atoms with van der Waals surface area (Å²) in [4.78, 5) is 22.7. The van der Waals surface area contributed by atoms with E-state index < -0.39 is 33.6 Å². The van der Waals surface area contributed by atoms with Crippen LogP contribution in [0.4, 0.5) is 18.9 Å². The molecule has 0 spiro atoms. The zero-order chi connectivity index (χ0) is 17.6. The van der Waals surface area contributed by atoms with E-state index in [-0.39, 0.29) is 0 Å². The molecule has 0 fully saturated rings. The summed E-state index contributed by atoms with van der Waals surface area (Å²) in [6.45, 7) is 0. The van der Waals surface area contributed by atoms with E-state index in [0.29, 0.717) is 28.9 Å². The zero-order valence-electron chi connectivity index (χ0n) is 12.1. The number of benzene rings is 1. The van der Waals surface area contributed by atoms with Gasteiger partial charge in [0.25, 0.3) is 11.2 Å². The molecule has 24 heavy (non-hydrogen) atoms. The van der Waals surface area contributed by atoms with E-state index in [1.807, 2.05) is 0 Å². The van der Waals surface area contributed by atoms with Crippen LogP contribution in [0.15, 0.2) is 33.7 Å². The van der Waals surface area contributed by atoms with Crippen molar-refractivity contribution in [3.63, 3.8) is 0 Å². The quantitative estimate of drug-likeness (QED) is 0.562. The Bertz CT molecular complexity index is 906. The fraction of sp³-hybridized carbons (Fsp3) is 0.267. The second kappa shape index (κ2) is 5.73. The molecule has 0 N–H and O–H groups in total. The summed E-state index contributed by atoms with van der Waals surface area (Å²) >= 11 is 3.28. The van der Waals surface area contributed by atoms with Gasteiger partial charge >= 0.3 is 6.18 Å². The van der Waals surface area contributed by atoms with Crippen LogP contribution in [0.1, 0.15) is 23.1 Å². The molecule has 9 heteroatoms. The van der Waals surface area contributed by atoms with Crippen molar-refractivity contribution in [2.45, 2.75) is 25.4 Å². The number of non-ortho nitro benzene ring substituents is 1. The number of pyridine rings is 1. The van der Waals surface area contributed by atoms with Crippen LogP contribution in [-0.2, 0) is 19.0 Å². The Morgan fingerprint density at radius 3 is 2.50 bits per heavy atom. The summed E-state index contributed by atoms with van der Waals surface area (Å²) < 4.78 is 41.2. The van der Waals surface area contributed by atoms with Crippen molar-refractivity contribution in [2.75, 3.05) is 0 Å². The van der Waals surface area contributed by atoms with Crippen molar-refractivity contribution in [1.82, 2.24) is 4.57 Å². The first-order valence-corrected chi connectivity index (χ1v) is 7.78. The average Bonchev–Trinajstić information content (AvgIpc) is 2.99. The minimum absolute atomic E-state index is 0.448. The van der Waals surface area contributed by atoms with Crippen LogP contribution >= 0.6 is 15.9 Å². The van der Waals surface area contributed by atoms with E-state index in [1.54, 1.807) is 0 Å². The van der Waals surface area contributed by atoms with Gasteiger partial charge in [0.15, 0.2) is 0 Å². The van der Waals surface area contributed by atoms with Crippen molar-refractivity contribution in [1.29, 1.82) is 0 Å². The number of hydrogen-bond acceptors (Lipinski definition) is 3. The van der Waals surface area contributed by atoms with Crippen LogP contribution in [0.2, 0.25) is 0 Å². The fourth-order valence-electron chi connectivity index (χ4n) is 2.89. The third kappa shape index (κ3) is 2.72. The second-order valence-corrected chi connectivity index (χ2v) is 6.27. The van der Waals surface area contributed by atoms with E-state index in [2.05, 4.69) is 15.9 Å². The lowest BCUT2D eigenvalue weighted by Gasteiger charge is -2.16. The van der Waals surface area contributed by atoms with Gasteiger partial charge in [0.05, 0.1) is 16.2 Å². The van der Waals surface area contributed by atoms with Gasteiger partial charge in [0.1, 0.15) is 0 Å². The van der Waals surface area contributed by atoms with Crippen LogP contribution in [-0.4, -0.2) is 9.49 Å². The largest absolute Gasteiger partial charge is 0.418 e. The molecule has 0 saturated carbocycles. The monoisotopic (exact) mass is 402 g/mol. The molecular weight excluding hydrogens is 393 g/mol. The molecule has 0 saturated heterocycles. The van der Waals surface area contributed by atoms with E-state index >= 15 is 0 Å². The van der Waals surface area contributed by atoms with Gasteiger partial charge in [-0.1, -0.05) is 0 Å². The predicted octanol–water partition coefficient (Wildman–Crippen LogP) is 4.02. The molecule has 0 bridgehead atoms. The Labute approximate surface area is 142 Å². The molecular formula is C15H10BrF3N2O3. The first kappa shape index (κ1) is 16.7. The molecule has 1 aromatic heterocycles. The molecule has 0 radical (unpaired) electrons. The predicted molar refractivity (Wildman–Crippen MR) is 83.4 cm³/mol. The first-order chi connectivity index (χ1) is 11.2. The van der Waals surface area contributed by atoms with Gasteiger partial charge in [-0.2, -0.15) is 13.2 Å². The van der Waals surface area contributed by atoms with E-state index in [4.69, 9.17) is 0 Å². The van der Waals surface area contributed by atoms with Crippen molar-refractivity contribution in [3.05, 3.63) is 66.0 Å². The van der Waals surface area contributed by atoms with Crippen LogP contribution in [0, 0.1) is 10.1 Å². The third-order valence-corrected chi connectivity index (χ3v) is 4.67. The Morgan fingerprint density at radius 2 is 1.88 bits per heavy atom. The standard InChI is InChI=1S/C15H10BrF3N2O3/c16-12-7-20(14(22)10-3-1-2-9(10)12)13-6-8(21(23)24)4-5-11(13)15(17,18)19/h4-7H,1-3H2. The number of nitro groups is 1. The number of nitro benzene ring substituents is 1. The maximum Gasteiger partial charge on any atom is 0.418 e. The molecule has 0 amide bonds. The molecule has 1 aliphatic rings. The van der Waals surface area contributed by atoms with Crippen molar-refractivity contribution in [3.8, 4) is 5.69 Å². The number of halogens is 4. The Balaban J connectivity index is 2.33. The number of nitrogens with zero attached hydrogens (tertiary/aromatic N) is 2. The summed E-state index contributed by atoms with van der Waals surface area (Å²) in [6, 6.07) is 2.18. The first-order valence-electron chi connectivity index (χ1n) is 6.99. The summed E-state index contributed by atoms with van der Waals surface area (Å²) in [6.07, 6.45) is -1.60. The van der Waals surface area contributed by atoms with E-state index in [0.717, 1.165) is 28.7 Å². The van der Waals surface area contributed by atoms with Crippen molar-refractivity contribution >= 4 is 21.6 Å². The highest BCUT2D eigenvalue weighted by Gasteiger charge is 2.35. The lowest BCUT2D eigenvalue weighted by molar-refractivity contribution is -0.384. The third-order valence-electron chi connectivity index (χ3n) is 3.98. The molecule has 5 nitrogen and oxygen atoms in total. The van der Waals surface area contributed by atoms with Gasteiger partial charge in [-0.3, -0.25) is 19.5 Å². The smallest absolute Gasteiger partial charge is 0.282 e. The summed E-state index contributed by atoms with van der Waals surface area (Å²) in [5, 5.41) is 10.9. The Hall–Kier alpha value is -2.16. The maximum atomic E-state index is 13.3. The molecule has 1 aliphatic carbocycles. The number of rotatable bonds is 2. The summed E-state index contributed by atoms with van der Waals surface area (Å²) in [5.74, 6) is 0. The molecule has 3 rings (SSSR count). The SMILES string of the molecule is O=c1c2c(c(Br)cn1-c1cc([N+](=O)[O-])ccc1C(F)(F)F)CCC2. The lowest BCUT2D eigenvalue weighted by Crippen LogP contribution is -2.25. The normalized spacial score (nSPS) is 13.8. The van der Waals surface area contributed by atoms with Gasteiger partial charge in [0, 0.05) is 28.4 Å². The molecule has 0 aliphatic heterocycles. The minimum Gasteiger partial charge on any atom is -0.282 e. The molecule has 0 unspecified atom stereocenters. The van der Waals surface area contributed by atoms with Gasteiger partial charge in [-0.15, -0.1) is 0 Å². The van der Waals surface area contributed by atoms with Gasteiger partial charge in [-0.25, -0.2) is 0 Å². The summed E-state index contributed by atoms with van der Waals surface area (Å²) in [5.41, 5.74) is -1.49. The summed E-state index contributed by atoms with van der Waals surface area (Å²) in [7, 11) is 0. The fourth-order valence-corrected chi connectivity index (χ4v) is 3.53.